The van der Waals surface area contributed by atoms with E-state index >= 15 is 0 Å². The zero-order valence-corrected chi connectivity index (χ0v) is 11.4. The first-order chi connectivity index (χ1) is 8.44. The first kappa shape index (κ1) is 14.5. The minimum absolute atomic E-state index is 0.0745. The molecule has 0 aromatic rings. The Morgan fingerprint density at radius 2 is 1.89 bits per heavy atom. The van der Waals surface area contributed by atoms with Crippen molar-refractivity contribution in [2.45, 2.75) is 52.9 Å². The van der Waals surface area contributed by atoms with Crippen molar-refractivity contribution in [3.8, 4) is 12.1 Å². The second-order valence-electron chi connectivity index (χ2n) is 5.70. The van der Waals surface area contributed by atoms with Crippen molar-refractivity contribution in [3.05, 3.63) is 11.1 Å². The lowest BCUT2D eigenvalue weighted by molar-refractivity contribution is -0.124. The van der Waals surface area contributed by atoms with Crippen LogP contribution < -0.4 is 0 Å². The van der Waals surface area contributed by atoms with E-state index in [0.29, 0.717) is 25.7 Å². The topological polar surface area (TPSA) is 64.7 Å². The quantitative estimate of drug-likeness (QED) is 0.759. The summed E-state index contributed by atoms with van der Waals surface area (Å²) in [7, 11) is 0. The zero-order chi connectivity index (χ0) is 13.8. The van der Waals surface area contributed by atoms with Gasteiger partial charge in [-0.1, -0.05) is 19.4 Å². The van der Waals surface area contributed by atoms with Gasteiger partial charge in [0.1, 0.15) is 0 Å². The van der Waals surface area contributed by atoms with E-state index in [1.54, 1.807) is 0 Å². The van der Waals surface area contributed by atoms with Gasteiger partial charge in [-0.3, -0.25) is 4.79 Å². The number of ketones is 1. The molecule has 0 spiro atoms. The Bertz CT molecular complexity index is 446. The maximum Gasteiger partial charge on any atom is 0.162 e. The van der Waals surface area contributed by atoms with Gasteiger partial charge >= 0.3 is 0 Å². The predicted molar refractivity (Wildman–Crippen MR) is 69.3 cm³/mol. The van der Waals surface area contributed by atoms with Crippen molar-refractivity contribution in [1.82, 2.24) is 0 Å². The maximum absolute atomic E-state index is 12.5. The van der Waals surface area contributed by atoms with Gasteiger partial charge in [-0.25, -0.2) is 0 Å². The molecule has 0 N–H and O–H groups in total. The number of Topliss-reactive ketones (excluding diaryl/α,β-unsaturated/α-hetero) is 1. The molecule has 0 fully saturated rings. The van der Waals surface area contributed by atoms with E-state index in [4.69, 9.17) is 10.5 Å². The Morgan fingerprint density at radius 1 is 1.28 bits per heavy atom. The molecule has 0 bridgehead atoms. The molecule has 0 saturated heterocycles. The van der Waals surface area contributed by atoms with Crippen LogP contribution in [0.3, 0.4) is 0 Å². The molecule has 0 amide bonds. The number of nitrogens with zero attached hydrogens (tertiary/aromatic N) is 2. The number of hydrogen-bond donors (Lipinski definition) is 0. The molecule has 1 rings (SSSR count). The van der Waals surface area contributed by atoms with Crippen LogP contribution in [0.4, 0.5) is 0 Å². The zero-order valence-electron chi connectivity index (χ0n) is 11.4. The third kappa shape index (κ3) is 2.99. The van der Waals surface area contributed by atoms with Gasteiger partial charge in [-0.15, -0.1) is 0 Å². The van der Waals surface area contributed by atoms with Gasteiger partial charge in [0, 0.05) is 18.8 Å². The summed E-state index contributed by atoms with van der Waals surface area (Å²) in [5.41, 5.74) is 1.88. The molecule has 1 atom stereocenters. The minimum Gasteiger partial charge on any atom is -0.294 e. The van der Waals surface area contributed by atoms with E-state index in [0.717, 1.165) is 17.6 Å². The lowest BCUT2D eigenvalue weighted by Crippen LogP contribution is -2.36. The highest BCUT2D eigenvalue weighted by atomic mass is 16.1. The van der Waals surface area contributed by atoms with Gasteiger partial charge < -0.3 is 0 Å². The summed E-state index contributed by atoms with van der Waals surface area (Å²) in [5, 5.41) is 17.3. The molecule has 96 valence electrons. The first-order valence-electron chi connectivity index (χ1n) is 6.40. The average molecular weight is 244 g/mol. The van der Waals surface area contributed by atoms with E-state index in [9.17, 15) is 4.79 Å². The number of hydrogen-bond acceptors (Lipinski definition) is 3. The summed E-state index contributed by atoms with van der Waals surface area (Å²) in [6.07, 6.45) is 2.88. The fourth-order valence-corrected chi connectivity index (χ4v) is 2.94. The van der Waals surface area contributed by atoms with Crippen LogP contribution in [0.25, 0.3) is 0 Å². The number of carbonyl (C=O) groups excluding carboxylic acids is 1. The van der Waals surface area contributed by atoms with Crippen molar-refractivity contribution in [2.24, 2.45) is 11.3 Å². The molecule has 0 unspecified atom stereocenters. The summed E-state index contributed by atoms with van der Waals surface area (Å²) in [5.74, 6) is 0.0868. The number of carbonyl (C=O) groups is 1. The van der Waals surface area contributed by atoms with Gasteiger partial charge in [0.05, 0.1) is 12.1 Å². The summed E-state index contributed by atoms with van der Waals surface area (Å²) in [4.78, 5) is 12.5. The highest BCUT2D eigenvalue weighted by Crippen LogP contribution is 2.44. The van der Waals surface area contributed by atoms with Crippen LogP contribution in [0.5, 0.6) is 0 Å². The molecule has 1 aliphatic rings. The molecule has 0 aromatic heterocycles. The van der Waals surface area contributed by atoms with E-state index in [2.05, 4.69) is 26.0 Å². The standard InChI is InChI=1S/C15H20N2O/c1-11-10-15(2,3)13(7-5-9-17)14(18)12(11)6-4-8-16/h13H,4-7,10H2,1-3H3/t13-/m0/s1. The van der Waals surface area contributed by atoms with Crippen LogP contribution in [0.2, 0.25) is 0 Å². The van der Waals surface area contributed by atoms with Gasteiger partial charge in [0.25, 0.3) is 0 Å². The Labute approximate surface area is 109 Å². The summed E-state index contributed by atoms with van der Waals surface area (Å²) < 4.78 is 0. The first-order valence-corrected chi connectivity index (χ1v) is 6.40. The van der Waals surface area contributed by atoms with Crippen LogP contribution >= 0.6 is 0 Å². The van der Waals surface area contributed by atoms with Crippen LogP contribution in [0.15, 0.2) is 11.1 Å². The highest BCUT2D eigenvalue weighted by Gasteiger charge is 2.40. The fraction of sp³-hybridized carbons (Fsp3) is 0.667. The molecule has 0 aliphatic heterocycles. The highest BCUT2D eigenvalue weighted by molar-refractivity contribution is 5.99. The number of nitriles is 2. The third-order valence-electron chi connectivity index (χ3n) is 3.82. The maximum atomic E-state index is 12.5. The molecule has 1 aliphatic carbocycles. The van der Waals surface area contributed by atoms with Crippen molar-refractivity contribution < 1.29 is 4.79 Å². The van der Waals surface area contributed by atoms with Gasteiger partial charge in [-0.05, 0) is 37.2 Å². The summed E-state index contributed by atoms with van der Waals surface area (Å²) in [6, 6.07) is 4.22. The van der Waals surface area contributed by atoms with Crippen molar-refractivity contribution in [3.63, 3.8) is 0 Å². The molecule has 0 radical (unpaired) electrons. The molecule has 0 heterocycles. The van der Waals surface area contributed by atoms with Crippen LogP contribution in [-0.4, -0.2) is 5.78 Å². The molecular formula is C15H20N2O. The molecule has 0 saturated carbocycles. The largest absolute Gasteiger partial charge is 0.294 e. The van der Waals surface area contributed by atoms with E-state index in [-0.39, 0.29) is 17.1 Å². The molecule has 18 heavy (non-hydrogen) atoms. The van der Waals surface area contributed by atoms with Crippen LogP contribution in [0.1, 0.15) is 52.9 Å². The third-order valence-corrected chi connectivity index (χ3v) is 3.82. The predicted octanol–water partition coefficient (Wildman–Crippen LogP) is 3.53. The Kier molecular flexibility index (Phi) is 4.68. The minimum atomic E-state index is -0.0752. The lowest BCUT2D eigenvalue weighted by atomic mass is 9.64. The van der Waals surface area contributed by atoms with Gasteiger partial charge in [-0.2, -0.15) is 10.5 Å². The summed E-state index contributed by atoms with van der Waals surface area (Å²) in [6.45, 7) is 6.18. The van der Waals surface area contributed by atoms with Crippen molar-refractivity contribution in [1.29, 1.82) is 10.5 Å². The molecule has 0 aromatic carbocycles. The van der Waals surface area contributed by atoms with E-state index in [1.807, 2.05) is 6.92 Å². The Morgan fingerprint density at radius 3 is 2.44 bits per heavy atom. The van der Waals surface area contributed by atoms with Crippen molar-refractivity contribution in [2.75, 3.05) is 0 Å². The van der Waals surface area contributed by atoms with E-state index in [1.165, 1.54) is 0 Å². The lowest BCUT2D eigenvalue weighted by Gasteiger charge is -2.39. The van der Waals surface area contributed by atoms with E-state index < -0.39 is 0 Å². The SMILES string of the molecule is CC1=C(CCC#N)C(=O)[C@H](CCC#N)C(C)(C)C1. The monoisotopic (exact) mass is 244 g/mol. The second-order valence-corrected chi connectivity index (χ2v) is 5.70. The normalized spacial score (nSPS) is 22.5. The fourth-order valence-electron chi connectivity index (χ4n) is 2.94. The molecular weight excluding hydrogens is 224 g/mol. The van der Waals surface area contributed by atoms with Crippen LogP contribution in [0, 0.1) is 34.0 Å². The second kappa shape index (κ2) is 5.83. The Balaban J connectivity index is 2.98. The van der Waals surface area contributed by atoms with Gasteiger partial charge in [0.2, 0.25) is 0 Å². The molecule has 3 heteroatoms. The molecule has 3 nitrogen and oxygen atoms in total. The average Bonchev–Trinajstić information content (AvgIpc) is 2.27. The number of rotatable bonds is 4. The Hall–Kier alpha value is -1.61. The number of allylic oxidation sites excluding steroid dienone is 2. The summed E-state index contributed by atoms with van der Waals surface area (Å²) >= 11 is 0. The van der Waals surface area contributed by atoms with Crippen LogP contribution in [-0.2, 0) is 4.79 Å². The van der Waals surface area contributed by atoms with Crippen molar-refractivity contribution >= 4 is 5.78 Å². The smallest absolute Gasteiger partial charge is 0.162 e. The van der Waals surface area contributed by atoms with Gasteiger partial charge in [0.15, 0.2) is 5.78 Å².